The van der Waals surface area contributed by atoms with Gasteiger partial charge >= 0.3 is 5.97 Å². The number of hydrogen-bond acceptors (Lipinski definition) is 3. The first-order valence-corrected chi connectivity index (χ1v) is 12.8. The summed E-state index contributed by atoms with van der Waals surface area (Å²) < 4.78 is 5.38. The van der Waals surface area contributed by atoms with Crippen LogP contribution in [0.25, 0.3) is 0 Å². The zero-order valence-corrected chi connectivity index (χ0v) is 20.5. The smallest absolute Gasteiger partial charge is 0.302 e. The van der Waals surface area contributed by atoms with Crippen molar-refractivity contribution < 1.29 is 14.3 Å². The number of esters is 1. The number of Topliss-reactive ketones (excluding diaryl/α,β-unsaturated/α-hetero) is 1. The van der Waals surface area contributed by atoms with E-state index in [1.165, 1.54) is 58.3 Å². The third-order valence-corrected chi connectivity index (χ3v) is 8.50. The van der Waals surface area contributed by atoms with E-state index in [4.69, 9.17) is 4.74 Å². The van der Waals surface area contributed by atoms with Crippen molar-refractivity contribution in [1.82, 2.24) is 0 Å². The molecular formula is C28H44O3. The Labute approximate surface area is 190 Å². The summed E-state index contributed by atoms with van der Waals surface area (Å²) in [5.74, 6) is 3.07. The van der Waals surface area contributed by atoms with Crippen LogP contribution in [0.15, 0.2) is 23.3 Å². The van der Waals surface area contributed by atoms with Gasteiger partial charge < -0.3 is 4.74 Å². The molecular weight excluding hydrogens is 384 g/mol. The van der Waals surface area contributed by atoms with Crippen molar-refractivity contribution in [3.8, 4) is 0 Å². The lowest BCUT2D eigenvalue weighted by Crippen LogP contribution is -2.36. The molecule has 0 saturated heterocycles. The molecule has 0 heterocycles. The van der Waals surface area contributed by atoms with Crippen LogP contribution in [0.3, 0.4) is 0 Å². The van der Waals surface area contributed by atoms with Gasteiger partial charge in [0.2, 0.25) is 0 Å². The molecule has 0 bridgehead atoms. The van der Waals surface area contributed by atoms with Crippen LogP contribution in [-0.4, -0.2) is 17.9 Å². The van der Waals surface area contributed by atoms with Crippen molar-refractivity contribution in [2.45, 2.75) is 111 Å². The lowest BCUT2D eigenvalue weighted by Gasteiger charge is -2.44. The molecule has 0 amide bonds. The third-order valence-electron chi connectivity index (χ3n) is 8.50. The molecule has 0 unspecified atom stereocenters. The Hall–Kier alpha value is -1.38. The molecule has 3 heteroatoms. The zero-order chi connectivity index (χ0) is 22.6. The molecule has 3 rings (SSSR count). The SMILES string of the molecule is CC(=O)O[C@H]1CCC(=O)/C(=C/C=C2\CCC[C@]3(C)[C@@H]([C@H](C)CCCC(C)C)CC[C@@H]23)C1. The summed E-state index contributed by atoms with van der Waals surface area (Å²) in [6.45, 7) is 11.2. The van der Waals surface area contributed by atoms with Gasteiger partial charge in [-0.15, -0.1) is 0 Å². The fourth-order valence-corrected chi connectivity index (χ4v) is 6.88. The highest BCUT2D eigenvalue weighted by atomic mass is 16.5. The van der Waals surface area contributed by atoms with Crippen LogP contribution in [-0.2, 0) is 14.3 Å². The number of hydrogen-bond donors (Lipinski definition) is 0. The molecule has 3 aliphatic rings. The molecule has 3 saturated carbocycles. The lowest BCUT2D eigenvalue weighted by atomic mass is 9.60. The van der Waals surface area contributed by atoms with Gasteiger partial charge in [0.05, 0.1) is 0 Å². The van der Waals surface area contributed by atoms with Gasteiger partial charge in [-0.3, -0.25) is 9.59 Å². The van der Waals surface area contributed by atoms with Crippen LogP contribution in [0.5, 0.6) is 0 Å². The lowest BCUT2D eigenvalue weighted by molar-refractivity contribution is -0.148. The van der Waals surface area contributed by atoms with Gasteiger partial charge in [-0.25, -0.2) is 0 Å². The van der Waals surface area contributed by atoms with Crippen molar-refractivity contribution in [3.63, 3.8) is 0 Å². The molecule has 0 aromatic carbocycles. The fraction of sp³-hybridized carbons (Fsp3) is 0.786. The highest BCUT2D eigenvalue weighted by Gasteiger charge is 2.50. The minimum Gasteiger partial charge on any atom is -0.462 e. The number of fused-ring (bicyclic) bond motifs is 1. The minimum absolute atomic E-state index is 0.140. The topological polar surface area (TPSA) is 43.4 Å². The molecule has 0 aromatic heterocycles. The van der Waals surface area contributed by atoms with Crippen LogP contribution < -0.4 is 0 Å². The van der Waals surface area contributed by atoms with Crippen molar-refractivity contribution in [3.05, 3.63) is 23.3 Å². The van der Waals surface area contributed by atoms with E-state index >= 15 is 0 Å². The average molecular weight is 429 g/mol. The van der Waals surface area contributed by atoms with Crippen molar-refractivity contribution >= 4 is 11.8 Å². The van der Waals surface area contributed by atoms with Crippen LogP contribution in [0.2, 0.25) is 0 Å². The van der Waals surface area contributed by atoms with Crippen molar-refractivity contribution in [1.29, 1.82) is 0 Å². The summed E-state index contributed by atoms with van der Waals surface area (Å²) in [5, 5.41) is 0. The first kappa shape index (κ1) is 24.3. The quantitative estimate of drug-likeness (QED) is 0.318. The Morgan fingerprint density at radius 2 is 1.90 bits per heavy atom. The van der Waals surface area contributed by atoms with Crippen LogP contribution in [0, 0.1) is 29.1 Å². The van der Waals surface area contributed by atoms with E-state index in [1.54, 1.807) is 5.57 Å². The summed E-state index contributed by atoms with van der Waals surface area (Å²) in [4.78, 5) is 23.8. The van der Waals surface area contributed by atoms with Gasteiger partial charge in [0.15, 0.2) is 5.78 Å². The molecule has 0 aliphatic heterocycles. The molecule has 3 nitrogen and oxygen atoms in total. The fourth-order valence-electron chi connectivity index (χ4n) is 6.88. The normalized spacial score (nSPS) is 34.9. The van der Waals surface area contributed by atoms with Gasteiger partial charge in [-0.05, 0) is 73.2 Å². The van der Waals surface area contributed by atoms with Crippen LogP contribution in [0.1, 0.15) is 105 Å². The zero-order valence-electron chi connectivity index (χ0n) is 20.5. The number of rotatable bonds is 7. The first-order valence-electron chi connectivity index (χ1n) is 12.8. The largest absolute Gasteiger partial charge is 0.462 e. The Balaban J connectivity index is 1.69. The molecule has 0 aromatic rings. The molecule has 3 fully saturated rings. The Bertz CT molecular complexity index is 716. The molecule has 174 valence electrons. The second-order valence-electron chi connectivity index (χ2n) is 11.2. The number of ketones is 1. The summed E-state index contributed by atoms with van der Waals surface area (Å²) in [7, 11) is 0. The van der Waals surface area contributed by atoms with Crippen LogP contribution in [0.4, 0.5) is 0 Å². The molecule has 3 aliphatic carbocycles. The standard InChI is InChI=1S/C28H44O3/c1-19(2)8-6-9-20(3)25-14-15-26-22(10-7-17-28(25,26)5)11-12-23-18-24(31-21(4)29)13-16-27(23)30/h11-12,19-20,24-26H,6-10,13-18H2,1-5H3/b22-11+,23-12+/t20-,24+,25-,26+,28-/m1/s1. The highest BCUT2D eigenvalue weighted by Crippen LogP contribution is 2.59. The molecule has 31 heavy (non-hydrogen) atoms. The minimum atomic E-state index is -0.250. The Morgan fingerprint density at radius 1 is 1.13 bits per heavy atom. The van der Waals surface area contributed by atoms with Crippen molar-refractivity contribution in [2.75, 3.05) is 0 Å². The second-order valence-corrected chi connectivity index (χ2v) is 11.2. The predicted octanol–water partition coefficient (Wildman–Crippen LogP) is 7.20. The van der Waals surface area contributed by atoms with Gasteiger partial charge in [0.25, 0.3) is 0 Å². The van der Waals surface area contributed by atoms with Gasteiger partial charge in [0.1, 0.15) is 6.10 Å². The Kier molecular flexibility index (Phi) is 8.21. The summed E-state index contributed by atoms with van der Waals surface area (Å²) in [6, 6.07) is 0. The number of carbonyl (C=O) groups is 2. The second kappa shape index (κ2) is 10.5. The van der Waals surface area contributed by atoms with E-state index in [0.717, 1.165) is 23.3 Å². The molecule has 0 radical (unpaired) electrons. The predicted molar refractivity (Wildman–Crippen MR) is 127 cm³/mol. The number of carbonyl (C=O) groups excluding carboxylic acids is 2. The van der Waals surface area contributed by atoms with E-state index in [-0.39, 0.29) is 17.9 Å². The monoisotopic (exact) mass is 428 g/mol. The van der Waals surface area contributed by atoms with Gasteiger partial charge in [-0.1, -0.05) is 64.7 Å². The van der Waals surface area contributed by atoms with Crippen LogP contribution >= 0.6 is 0 Å². The van der Waals surface area contributed by atoms with Gasteiger partial charge in [0, 0.05) is 19.8 Å². The van der Waals surface area contributed by atoms with E-state index in [1.807, 2.05) is 0 Å². The molecule has 0 spiro atoms. The maximum Gasteiger partial charge on any atom is 0.302 e. The van der Waals surface area contributed by atoms with E-state index in [0.29, 0.717) is 30.6 Å². The third kappa shape index (κ3) is 5.90. The van der Waals surface area contributed by atoms with E-state index in [2.05, 4.69) is 39.8 Å². The van der Waals surface area contributed by atoms with E-state index in [9.17, 15) is 9.59 Å². The summed E-state index contributed by atoms with van der Waals surface area (Å²) >= 11 is 0. The maximum absolute atomic E-state index is 12.4. The average Bonchev–Trinajstić information content (AvgIpc) is 3.05. The van der Waals surface area contributed by atoms with E-state index < -0.39 is 0 Å². The Morgan fingerprint density at radius 3 is 2.61 bits per heavy atom. The first-order chi connectivity index (χ1) is 14.7. The van der Waals surface area contributed by atoms with Crippen molar-refractivity contribution in [2.24, 2.45) is 29.1 Å². The molecule has 0 N–H and O–H groups in total. The van der Waals surface area contributed by atoms with Gasteiger partial charge in [-0.2, -0.15) is 0 Å². The maximum atomic E-state index is 12.4. The summed E-state index contributed by atoms with van der Waals surface area (Å²) in [5.41, 5.74) is 2.81. The highest BCUT2D eigenvalue weighted by molar-refractivity contribution is 5.96. The molecule has 5 atom stereocenters. The summed E-state index contributed by atoms with van der Waals surface area (Å²) in [6.07, 6.45) is 16.4. The number of ether oxygens (including phenoxy) is 1. The number of allylic oxidation sites excluding steroid dienone is 3.